The molecule has 0 radical (unpaired) electrons. The van der Waals surface area contributed by atoms with E-state index in [0.717, 1.165) is 5.56 Å². The number of carboxylic acid groups (broad SMARTS) is 1. The van der Waals surface area contributed by atoms with Crippen molar-refractivity contribution in [3.05, 3.63) is 36.2 Å². The van der Waals surface area contributed by atoms with Gasteiger partial charge in [0, 0.05) is 17.2 Å². The van der Waals surface area contributed by atoms with Crippen molar-refractivity contribution in [1.29, 1.82) is 0 Å². The van der Waals surface area contributed by atoms with E-state index in [1.54, 1.807) is 38.1 Å². The van der Waals surface area contributed by atoms with E-state index < -0.39 is 5.97 Å². The zero-order valence-corrected chi connectivity index (χ0v) is 11.8. The first-order valence-electron chi connectivity index (χ1n) is 6.47. The zero-order chi connectivity index (χ0) is 15.4. The molecule has 0 atom stereocenters. The summed E-state index contributed by atoms with van der Waals surface area (Å²) in [5.74, 6) is -0.730. The molecule has 0 aliphatic carbocycles. The smallest absolute Gasteiger partial charge is 0.323 e. The summed E-state index contributed by atoms with van der Waals surface area (Å²) in [6.45, 7) is 3.24. The molecule has 21 heavy (non-hydrogen) atoms. The second-order valence-electron chi connectivity index (χ2n) is 4.83. The maximum atomic E-state index is 12.3. The van der Waals surface area contributed by atoms with E-state index in [2.05, 4.69) is 15.2 Å². The molecule has 0 unspecified atom stereocenters. The van der Waals surface area contributed by atoms with Crippen molar-refractivity contribution in [1.82, 2.24) is 20.1 Å². The number of aliphatic carboxylic acids is 1. The van der Waals surface area contributed by atoms with Crippen LogP contribution in [-0.4, -0.2) is 49.7 Å². The molecule has 0 aliphatic heterocycles. The monoisotopic (exact) mass is 288 g/mol. The van der Waals surface area contributed by atoms with E-state index in [1.165, 1.54) is 11.2 Å². The van der Waals surface area contributed by atoms with Crippen LogP contribution in [0.2, 0.25) is 0 Å². The van der Waals surface area contributed by atoms with Gasteiger partial charge in [-0.2, -0.15) is 5.10 Å². The molecule has 2 aromatic rings. The number of hydrogen-bond acceptors (Lipinski definition) is 4. The van der Waals surface area contributed by atoms with Crippen LogP contribution >= 0.6 is 0 Å². The average Bonchev–Trinajstić information content (AvgIpc) is 2.98. The summed E-state index contributed by atoms with van der Waals surface area (Å²) >= 11 is 0. The van der Waals surface area contributed by atoms with Gasteiger partial charge >= 0.3 is 5.97 Å². The molecule has 1 heterocycles. The third-order valence-electron chi connectivity index (χ3n) is 3.01. The van der Waals surface area contributed by atoms with Gasteiger partial charge < -0.3 is 10.0 Å². The van der Waals surface area contributed by atoms with Gasteiger partial charge in [0.2, 0.25) is 0 Å². The van der Waals surface area contributed by atoms with Gasteiger partial charge in [-0.1, -0.05) is 12.1 Å². The van der Waals surface area contributed by atoms with E-state index >= 15 is 0 Å². The predicted octanol–water partition coefficient (Wildman–Crippen LogP) is 1.41. The molecule has 1 aromatic heterocycles. The molecule has 0 aliphatic rings. The van der Waals surface area contributed by atoms with E-state index in [0.29, 0.717) is 11.4 Å². The highest BCUT2D eigenvalue weighted by molar-refractivity contribution is 5.96. The maximum absolute atomic E-state index is 12.3. The van der Waals surface area contributed by atoms with Crippen LogP contribution in [0, 0.1) is 0 Å². The highest BCUT2D eigenvalue weighted by Gasteiger charge is 2.21. The Labute approximate surface area is 121 Å². The van der Waals surface area contributed by atoms with Gasteiger partial charge in [0.1, 0.15) is 12.9 Å². The molecule has 110 valence electrons. The first kappa shape index (κ1) is 14.7. The lowest BCUT2D eigenvalue weighted by atomic mass is 10.1. The van der Waals surface area contributed by atoms with E-state index in [1.807, 2.05) is 0 Å². The summed E-state index contributed by atoms with van der Waals surface area (Å²) in [6.07, 6.45) is 1.40. The molecule has 1 aromatic carbocycles. The molecule has 0 saturated heterocycles. The second kappa shape index (κ2) is 6.17. The van der Waals surface area contributed by atoms with Crippen molar-refractivity contribution in [2.75, 3.05) is 6.54 Å². The van der Waals surface area contributed by atoms with Crippen molar-refractivity contribution < 1.29 is 14.7 Å². The summed E-state index contributed by atoms with van der Waals surface area (Å²) in [4.78, 5) is 28.5. The van der Waals surface area contributed by atoms with Crippen molar-refractivity contribution in [3.63, 3.8) is 0 Å². The molecular formula is C14H16N4O3. The van der Waals surface area contributed by atoms with Crippen LogP contribution in [0.4, 0.5) is 0 Å². The van der Waals surface area contributed by atoms with E-state index in [-0.39, 0.29) is 18.5 Å². The minimum Gasteiger partial charge on any atom is -0.480 e. The van der Waals surface area contributed by atoms with Crippen LogP contribution in [0.1, 0.15) is 24.2 Å². The van der Waals surface area contributed by atoms with Crippen LogP contribution in [-0.2, 0) is 4.79 Å². The Morgan fingerprint density at radius 1 is 1.29 bits per heavy atom. The molecule has 2 rings (SSSR count). The van der Waals surface area contributed by atoms with Crippen LogP contribution in [0.5, 0.6) is 0 Å². The Kier molecular flexibility index (Phi) is 4.32. The Balaban J connectivity index is 2.20. The summed E-state index contributed by atoms with van der Waals surface area (Å²) < 4.78 is 0. The van der Waals surface area contributed by atoms with Gasteiger partial charge in [-0.3, -0.25) is 14.7 Å². The summed E-state index contributed by atoms with van der Waals surface area (Å²) in [6, 6.07) is 6.59. The number of hydrogen-bond donors (Lipinski definition) is 2. The molecular weight excluding hydrogens is 272 g/mol. The number of rotatable bonds is 5. The summed E-state index contributed by atoms with van der Waals surface area (Å²) in [7, 11) is 0. The molecule has 7 heteroatoms. The molecule has 0 spiro atoms. The normalized spacial score (nSPS) is 10.6. The van der Waals surface area contributed by atoms with Gasteiger partial charge in [0.05, 0.1) is 0 Å². The van der Waals surface area contributed by atoms with Crippen LogP contribution in [0.25, 0.3) is 11.4 Å². The largest absolute Gasteiger partial charge is 0.480 e. The van der Waals surface area contributed by atoms with Crippen molar-refractivity contribution >= 4 is 11.9 Å². The molecule has 0 saturated carbocycles. The highest BCUT2D eigenvalue weighted by atomic mass is 16.4. The van der Waals surface area contributed by atoms with Crippen molar-refractivity contribution in [2.45, 2.75) is 19.9 Å². The standard InChI is InChI=1S/C14H16N4O3/c1-9(2)18(7-12(19)20)14(21)11-5-3-10(4-6-11)13-15-8-16-17-13/h3-6,8-9H,7H2,1-2H3,(H,19,20)(H,15,16,17). The number of nitrogens with zero attached hydrogens (tertiary/aromatic N) is 3. The topological polar surface area (TPSA) is 99.2 Å². The number of carbonyl (C=O) groups excluding carboxylic acids is 1. The molecule has 0 bridgehead atoms. The number of aromatic amines is 1. The van der Waals surface area contributed by atoms with Gasteiger partial charge in [-0.25, -0.2) is 4.98 Å². The van der Waals surface area contributed by atoms with E-state index in [9.17, 15) is 9.59 Å². The lowest BCUT2D eigenvalue weighted by Gasteiger charge is -2.24. The van der Waals surface area contributed by atoms with E-state index in [4.69, 9.17) is 5.11 Å². The number of amides is 1. The van der Waals surface area contributed by atoms with Crippen molar-refractivity contribution in [3.8, 4) is 11.4 Å². The number of carbonyl (C=O) groups is 2. The van der Waals surface area contributed by atoms with Gasteiger partial charge in [-0.05, 0) is 26.0 Å². The Bertz CT molecular complexity index is 620. The highest BCUT2D eigenvalue weighted by Crippen LogP contribution is 2.16. The fraction of sp³-hybridized carbons (Fsp3) is 0.286. The number of nitrogens with one attached hydrogen (secondary N) is 1. The lowest BCUT2D eigenvalue weighted by molar-refractivity contribution is -0.138. The average molecular weight is 288 g/mol. The first-order valence-corrected chi connectivity index (χ1v) is 6.47. The SMILES string of the molecule is CC(C)N(CC(=O)O)C(=O)c1ccc(-c2ncn[nH]2)cc1. The Hall–Kier alpha value is -2.70. The van der Waals surface area contributed by atoms with Crippen molar-refractivity contribution in [2.24, 2.45) is 0 Å². The Morgan fingerprint density at radius 2 is 1.95 bits per heavy atom. The predicted molar refractivity (Wildman–Crippen MR) is 75.6 cm³/mol. The number of aromatic nitrogens is 3. The number of carboxylic acids is 1. The van der Waals surface area contributed by atoms with Gasteiger partial charge in [0.25, 0.3) is 5.91 Å². The summed E-state index contributed by atoms with van der Waals surface area (Å²) in [5, 5.41) is 15.4. The number of benzene rings is 1. The lowest BCUT2D eigenvalue weighted by Crippen LogP contribution is -2.40. The third-order valence-corrected chi connectivity index (χ3v) is 3.01. The summed E-state index contributed by atoms with van der Waals surface area (Å²) in [5.41, 5.74) is 1.24. The molecule has 2 N–H and O–H groups in total. The minimum absolute atomic E-state index is 0.192. The minimum atomic E-state index is -1.03. The van der Waals surface area contributed by atoms with Crippen LogP contribution < -0.4 is 0 Å². The van der Waals surface area contributed by atoms with Gasteiger partial charge in [0.15, 0.2) is 5.82 Å². The Morgan fingerprint density at radius 3 is 2.43 bits per heavy atom. The maximum Gasteiger partial charge on any atom is 0.323 e. The quantitative estimate of drug-likeness (QED) is 0.866. The number of H-pyrrole nitrogens is 1. The fourth-order valence-corrected chi connectivity index (χ4v) is 1.92. The molecule has 1 amide bonds. The van der Waals surface area contributed by atoms with Gasteiger partial charge in [-0.15, -0.1) is 0 Å². The zero-order valence-electron chi connectivity index (χ0n) is 11.8. The molecule has 7 nitrogen and oxygen atoms in total. The fourth-order valence-electron chi connectivity index (χ4n) is 1.92. The third kappa shape index (κ3) is 3.44. The molecule has 0 fully saturated rings. The second-order valence-corrected chi connectivity index (χ2v) is 4.83. The first-order chi connectivity index (χ1) is 9.99. The van der Waals surface area contributed by atoms with Crippen LogP contribution in [0.3, 0.4) is 0 Å². The van der Waals surface area contributed by atoms with Crippen LogP contribution in [0.15, 0.2) is 30.6 Å².